The number of halogens is 1. The van der Waals surface area contributed by atoms with Crippen LogP contribution in [0.2, 0.25) is 5.02 Å². The first-order valence-electron chi connectivity index (χ1n) is 8.11. The minimum absolute atomic E-state index is 0.0250. The minimum Gasteiger partial charge on any atom is -0.506 e. The third kappa shape index (κ3) is 2.31. The number of phenols is 1. The van der Waals surface area contributed by atoms with Crippen molar-refractivity contribution in [3.63, 3.8) is 0 Å². The van der Waals surface area contributed by atoms with Crippen LogP contribution in [0.4, 0.5) is 5.69 Å². The number of carbonyl (C=O) groups is 1. The lowest BCUT2D eigenvalue weighted by Crippen LogP contribution is -2.30. The molecule has 4 heteroatoms. The topological polar surface area (TPSA) is 49.3 Å². The molecule has 0 fully saturated rings. The van der Waals surface area contributed by atoms with Gasteiger partial charge in [0.05, 0.1) is 11.7 Å². The lowest BCUT2D eigenvalue weighted by molar-refractivity contribution is 0.101. The summed E-state index contributed by atoms with van der Waals surface area (Å²) in [6.07, 6.45) is 5.28. The number of anilines is 1. The molecular weight excluding hydrogens is 322 g/mol. The van der Waals surface area contributed by atoms with Crippen molar-refractivity contribution in [1.82, 2.24) is 0 Å². The van der Waals surface area contributed by atoms with Crippen molar-refractivity contribution in [2.24, 2.45) is 5.92 Å². The zero-order chi connectivity index (χ0) is 16.8. The Morgan fingerprint density at radius 2 is 1.96 bits per heavy atom. The largest absolute Gasteiger partial charge is 0.506 e. The molecule has 0 saturated heterocycles. The van der Waals surface area contributed by atoms with E-state index in [-0.39, 0.29) is 23.5 Å². The highest BCUT2D eigenvalue weighted by molar-refractivity contribution is 6.30. The van der Waals surface area contributed by atoms with E-state index < -0.39 is 0 Å². The van der Waals surface area contributed by atoms with Crippen LogP contribution in [0.15, 0.2) is 48.6 Å². The van der Waals surface area contributed by atoms with Crippen molar-refractivity contribution in [1.29, 1.82) is 0 Å². The Balaban J connectivity index is 1.86. The molecule has 24 heavy (non-hydrogen) atoms. The summed E-state index contributed by atoms with van der Waals surface area (Å²) < 4.78 is 0. The molecule has 1 aliphatic heterocycles. The Hall–Kier alpha value is -2.26. The number of Topliss-reactive ketones (excluding diaryl/α,β-unsaturated/α-hetero) is 1. The van der Waals surface area contributed by atoms with Crippen LogP contribution in [0, 0.1) is 5.92 Å². The Morgan fingerprint density at radius 3 is 2.67 bits per heavy atom. The number of phenolic OH excluding ortho intramolecular Hbond substituents is 1. The van der Waals surface area contributed by atoms with Crippen LogP contribution in [0.1, 0.15) is 46.8 Å². The fourth-order valence-corrected chi connectivity index (χ4v) is 4.13. The first-order valence-corrected chi connectivity index (χ1v) is 8.49. The fraction of sp³-hybridized carbons (Fsp3) is 0.250. The molecule has 0 bridgehead atoms. The molecule has 1 heterocycles. The summed E-state index contributed by atoms with van der Waals surface area (Å²) in [5, 5.41) is 14.6. The Kier molecular flexibility index (Phi) is 3.61. The number of benzene rings is 2. The molecule has 3 atom stereocenters. The summed E-state index contributed by atoms with van der Waals surface area (Å²) in [4.78, 5) is 12.1. The molecule has 122 valence electrons. The molecule has 0 spiro atoms. The molecule has 0 radical (unpaired) electrons. The van der Waals surface area contributed by atoms with Gasteiger partial charge in [0, 0.05) is 16.5 Å². The molecular formula is C20H18ClNO2. The second kappa shape index (κ2) is 5.67. The summed E-state index contributed by atoms with van der Waals surface area (Å²) in [6, 6.07) is 11.2. The van der Waals surface area contributed by atoms with Crippen molar-refractivity contribution >= 4 is 23.1 Å². The zero-order valence-electron chi connectivity index (χ0n) is 13.3. The number of nitrogens with one attached hydrogen (secondary N) is 1. The number of carbonyl (C=O) groups excluding carboxylic acids is 1. The van der Waals surface area contributed by atoms with Crippen molar-refractivity contribution in [3.8, 4) is 5.75 Å². The van der Waals surface area contributed by atoms with E-state index in [2.05, 4.69) is 17.5 Å². The highest BCUT2D eigenvalue weighted by Gasteiger charge is 2.40. The Morgan fingerprint density at radius 1 is 1.21 bits per heavy atom. The number of aromatic hydroxyl groups is 1. The van der Waals surface area contributed by atoms with Gasteiger partial charge in [-0.15, -0.1) is 0 Å². The predicted molar refractivity (Wildman–Crippen MR) is 95.9 cm³/mol. The Labute approximate surface area is 146 Å². The van der Waals surface area contributed by atoms with E-state index in [1.54, 1.807) is 19.1 Å². The van der Waals surface area contributed by atoms with Gasteiger partial charge in [0.1, 0.15) is 5.75 Å². The van der Waals surface area contributed by atoms with Crippen LogP contribution in [0.25, 0.3) is 0 Å². The average Bonchev–Trinajstić information content (AvgIpc) is 3.05. The minimum atomic E-state index is 0.0250. The first-order chi connectivity index (χ1) is 11.6. The zero-order valence-corrected chi connectivity index (χ0v) is 14.0. The number of fused-ring (bicyclic) bond motifs is 3. The molecule has 0 saturated carbocycles. The number of ketones is 1. The van der Waals surface area contributed by atoms with Gasteiger partial charge in [-0.3, -0.25) is 4.79 Å². The molecule has 0 aromatic heterocycles. The maximum Gasteiger partial charge on any atom is 0.160 e. The molecule has 3 nitrogen and oxygen atoms in total. The summed E-state index contributed by atoms with van der Waals surface area (Å²) in [5.74, 6) is 0.663. The molecule has 4 rings (SSSR count). The summed E-state index contributed by atoms with van der Waals surface area (Å²) in [6.45, 7) is 1.58. The molecule has 2 N–H and O–H groups in total. The number of hydrogen-bond donors (Lipinski definition) is 2. The first kappa shape index (κ1) is 15.3. The van der Waals surface area contributed by atoms with E-state index in [9.17, 15) is 9.90 Å². The maximum absolute atomic E-state index is 12.1. The van der Waals surface area contributed by atoms with Crippen molar-refractivity contribution in [2.45, 2.75) is 25.3 Å². The fourth-order valence-electron chi connectivity index (χ4n) is 4.00. The second-order valence-corrected chi connectivity index (χ2v) is 6.94. The standard InChI is InChI=1S/C20H18ClNO2/c1-11(23)14-9-10-17(24)20-18(14)15-3-2-4-16(15)19(22-20)12-5-7-13(21)8-6-12/h2-3,5-10,15-16,19,22,24H,4H2,1H3/t15-,16+,19-/m1/s1. The summed E-state index contributed by atoms with van der Waals surface area (Å²) >= 11 is 6.01. The van der Waals surface area contributed by atoms with Crippen molar-refractivity contribution in [3.05, 3.63) is 70.3 Å². The normalized spacial score (nSPS) is 24.2. The number of hydrogen-bond acceptors (Lipinski definition) is 3. The molecule has 1 aliphatic carbocycles. The summed E-state index contributed by atoms with van der Waals surface area (Å²) in [5.41, 5.74) is 3.42. The van der Waals surface area contributed by atoms with E-state index in [4.69, 9.17) is 11.6 Å². The monoisotopic (exact) mass is 339 g/mol. The molecule has 0 unspecified atom stereocenters. The SMILES string of the molecule is CC(=O)c1ccc(O)c2c1[C@@H]1C=CC[C@@H]1[C@@H](c1ccc(Cl)cc1)N2. The van der Waals surface area contributed by atoms with Gasteiger partial charge in [0.15, 0.2) is 5.78 Å². The Bertz CT molecular complexity index is 841. The predicted octanol–water partition coefficient (Wildman–Crippen LogP) is 5.07. The van der Waals surface area contributed by atoms with Crippen LogP contribution < -0.4 is 5.32 Å². The van der Waals surface area contributed by atoms with Gasteiger partial charge in [0.25, 0.3) is 0 Å². The van der Waals surface area contributed by atoms with Gasteiger partial charge in [-0.1, -0.05) is 35.9 Å². The highest BCUT2D eigenvalue weighted by Crippen LogP contribution is 2.53. The average molecular weight is 340 g/mol. The van der Waals surface area contributed by atoms with E-state index in [0.717, 1.165) is 17.5 Å². The van der Waals surface area contributed by atoms with Gasteiger partial charge in [-0.2, -0.15) is 0 Å². The van der Waals surface area contributed by atoms with Crippen LogP contribution >= 0.6 is 11.6 Å². The highest BCUT2D eigenvalue weighted by atomic mass is 35.5. The molecule has 0 amide bonds. The molecule has 2 aliphatic rings. The molecule has 2 aromatic carbocycles. The van der Waals surface area contributed by atoms with Crippen LogP contribution in [-0.4, -0.2) is 10.9 Å². The second-order valence-electron chi connectivity index (χ2n) is 6.50. The van der Waals surface area contributed by atoms with Crippen LogP contribution in [0.5, 0.6) is 5.75 Å². The maximum atomic E-state index is 12.1. The van der Waals surface area contributed by atoms with E-state index in [1.165, 1.54) is 0 Å². The lowest BCUT2D eigenvalue weighted by Gasteiger charge is -2.38. The van der Waals surface area contributed by atoms with Gasteiger partial charge in [-0.25, -0.2) is 0 Å². The van der Waals surface area contributed by atoms with E-state index in [0.29, 0.717) is 22.2 Å². The van der Waals surface area contributed by atoms with Crippen molar-refractivity contribution in [2.75, 3.05) is 5.32 Å². The van der Waals surface area contributed by atoms with E-state index in [1.807, 2.05) is 24.3 Å². The van der Waals surface area contributed by atoms with Gasteiger partial charge in [0.2, 0.25) is 0 Å². The van der Waals surface area contributed by atoms with E-state index >= 15 is 0 Å². The third-order valence-electron chi connectivity index (χ3n) is 5.11. The quantitative estimate of drug-likeness (QED) is 0.456. The smallest absolute Gasteiger partial charge is 0.160 e. The van der Waals surface area contributed by atoms with Gasteiger partial charge >= 0.3 is 0 Å². The number of allylic oxidation sites excluding steroid dienone is 2. The number of rotatable bonds is 2. The third-order valence-corrected chi connectivity index (χ3v) is 5.36. The summed E-state index contributed by atoms with van der Waals surface area (Å²) in [7, 11) is 0. The lowest BCUT2D eigenvalue weighted by atomic mass is 9.75. The van der Waals surface area contributed by atoms with Gasteiger partial charge in [-0.05, 0) is 54.7 Å². The van der Waals surface area contributed by atoms with Crippen LogP contribution in [-0.2, 0) is 0 Å². The van der Waals surface area contributed by atoms with Crippen LogP contribution in [0.3, 0.4) is 0 Å². The van der Waals surface area contributed by atoms with Crippen molar-refractivity contribution < 1.29 is 9.90 Å². The van der Waals surface area contributed by atoms with Gasteiger partial charge < -0.3 is 10.4 Å². The molecule has 2 aromatic rings.